The Balaban J connectivity index is 1.85. The van der Waals surface area contributed by atoms with E-state index in [9.17, 15) is 24.5 Å². The van der Waals surface area contributed by atoms with Gasteiger partial charge in [0.1, 0.15) is 5.56 Å². The Kier molecular flexibility index (Phi) is 7.88. The Labute approximate surface area is 177 Å². The van der Waals surface area contributed by atoms with E-state index in [1.165, 1.54) is 12.1 Å². The number of hydrogen-bond donors (Lipinski definition) is 3. The maximum atomic E-state index is 12.2. The van der Waals surface area contributed by atoms with Crippen LogP contribution in [-0.2, 0) is 4.79 Å². The lowest BCUT2D eigenvalue weighted by Gasteiger charge is -2.10. The van der Waals surface area contributed by atoms with Gasteiger partial charge in [-0.2, -0.15) is 0 Å². The Morgan fingerprint density at radius 3 is 2.17 bits per heavy atom. The SMILES string of the molecule is CC(C)C(=O)Nc1ccc(C(=O)NCCNC(=O)c2cc(Cl)ccc2[N+](=O)[O-])cc1. The van der Waals surface area contributed by atoms with E-state index < -0.39 is 10.8 Å². The van der Waals surface area contributed by atoms with Gasteiger partial charge < -0.3 is 16.0 Å². The molecule has 0 aromatic heterocycles. The molecule has 2 rings (SSSR count). The summed E-state index contributed by atoms with van der Waals surface area (Å²) < 4.78 is 0. The van der Waals surface area contributed by atoms with Gasteiger partial charge in [-0.25, -0.2) is 0 Å². The predicted octanol–water partition coefficient (Wildman–Crippen LogP) is 3.00. The van der Waals surface area contributed by atoms with Gasteiger partial charge >= 0.3 is 0 Å². The molecule has 0 aliphatic rings. The van der Waals surface area contributed by atoms with Crippen LogP contribution >= 0.6 is 11.6 Å². The molecular weight excluding hydrogens is 412 g/mol. The molecule has 0 bridgehead atoms. The first-order chi connectivity index (χ1) is 14.2. The van der Waals surface area contributed by atoms with E-state index in [0.29, 0.717) is 11.3 Å². The quantitative estimate of drug-likeness (QED) is 0.335. The fourth-order valence-corrected chi connectivity index (χ4v) is 2.56. The lowest BCUT2D eigenvalue weighted by Crippen LogP contribution is -2.34. The number of nitro groups is 1. The highest BCUT2D eigenvalue weighted by atomic mass is 35.5. The molecule has 10 heteroatoms. The molecule has 0 atom stereocenters. The number of hydrogen-bond acceptors (Lipinski definition) is 5. The van der Waals surface area contributed by atoms with E-state index in [-0.39, 0.29) is 47.1 Å². The fraction of sp³-hybridized carbons (Fsp3) is 0.250. The monoisotopic (exact) mass is 432 g/mol. The summed E-state index contributed by atoms with van der Waals surface area (Å²) in [6.45, 7) is 3.74. The lowest BCUT2D eigenvalue weighted by molar-refractivity contribution is -0.385. The van der Waals surface area contributed by atoms with E-state index in [2.05, 4.69) is 16.0 Å². The first-order valence-electron chi connectivity index (χ1n) is 9.10. The van der Waals surface area contributed by atoms with Gasteiger partial charge in [0, 0.05) is 41.3 Å². The maximum absolute atomic E-state index is 12.2. The summed E-state index contributed by atoms with van der Waals surface area (Å²) in [6.07, 6.45) is 0. The minimum absolute atomic E-state index is 0.0662. The van der Waals surface area contributed by atoms with Crippen molar-refractivity contribution in [3.63, 3.8) is 0 Å². The van der Waals surface area contributed by atoms with Crippen molar-refractivity contribution in [3.05, 3.63) is 68.7 Å². The van der Waals surface area contributed by atoms with E-state index >= 15 is 0 Å². The van der Waals surface area contributed by atoms with Crippen LogP contribution in [0.5, 0.6) is 0 Å². The van der Waals surface area contributed by atoms with Crippen molar-refractivity contribution in [1.29, 1.82) is 0 Å². The first kappa shape index (κ1) is 22.8. The molecule has 0 saturated carbocycles. The average Bonchev–Trinajstić information content (AvgIpc) is 2.70. The van der Waals surface area contributed by atoms with Gasteiger partial charge in [-0.05, 0) is 36.4 Å². The van der Waals surface area contributed by atoms with Crippen LogP contribution in [-0.4, -0.2) is 35.7 Å². The van der Waals surface area contributed by atoms with Crippen molar-refractivity contribution in [2.45, 2.75) is 13.8 Å². The van der Waals surface area contributed by atoms with Crippen LogP contribution in [0.15, 0.2) is 42.5 Å². The molecule has 3 amide bonds. The van der Waals surface area contributed by atoms with Crippen molar-refractivity contribution >= 4 is 40.7 Å². The Morgan fingerprint density at radius 1 is 1.00 bits per heavy atom. The van der Waals surface area contributed by atoms with Crippen molar-refractivity contribution in [1.82, 2.24) is 10.6 Å². The van der Waals surface area contributed by atoms with E-state index in [1.54, 1.807) is 38.1 Å². The third-order valence-electron chi connectivity index (χ3n) is 4.04. The number of amides is 3. The summed E-state index contributed by atoms with van der Waals surface area (Å²) in [5, 5.41) is 19.1. The number of nitrogens with zero attached hydrogens (tertiary/aromatic N) is 1. The summed E-state index contributed by atoms with van der Waals surface area (Å²) in [5.41, 5.74) is 0.457. The van der Waals surface area contributed by atoms with E-state index in [4.69, 9.17) is 11.6 Å². The van der Waals surface area contributed by atoms with Gasteiger partial charge in [0.05, 0.1) is 4.92 Å². The second-order valence-electron chi connectivity index (χ2n) is 6.65. The van der Waals surface area contributed by atoms with Gasteiger partial charge in [-0.3, -0.25) is 24.5 Å². The molecule has 0 radical (unpaired) electrons. The number of nitro benzene ring substituents is 1. The normalized spacial score (nSPS) is 10.4. The van der Waals surface area contributed by atoms with Crippen LogP contribution in [0.2, 0.25) is 5.02 Å². The number of benzene rings is 2. The van der Waals surface area contributed by atoms with Crippen molar-refractivity contribution in [3.8, 4) is 0 Å². The van der Waals surface area contributed by atoms with Gasteiger partial charge in [0.25, 0.3) is 17.5 Å². The zero-order chi connectivity index (χ0) is 22.3. The molecule has 30 heavy (non-hydrogen) atoms. The molecule has 9 nitrogen and oxygen atoms in total. The molecule has 0 heterocycles. The third kappa shape index (κ3) is 6.28. The van der Waals surface area contributed by atoms with Crippen molar-refractivity contribution in [2.75, 3.05) is 18.4 Å². The maximum Gasteiger partial charge on any atom is 0.282 e. The van der Waals surface area contributed by atoms with Gasteiger partial charge in [-0.15, -0.1) is 0 Å². The van der Waals surface area contributed by atoms with E-state index in [1.807, 2.05) is 0 Å². The largest absolute Gasteiger partial charge is 0.350 e. The molecule has 0 saturated heterocycles. The molecule has 2 aromatic carbocycles. The molecule has 3 N–H and O–H groups in total. The summed E-state index contributed by atoms with van der Waals surface area (Å²) in [7, 11) is 0. The van der Waals surface area contributed by atoms with Crippen LogP contribution in [0.4, 0.5) is 11.4 Å². The number of anilines is 1. The van der Waals surface area contributed by atoms with Crippen LogP contribution < -0.4 is 16.0 Å². The highest BCUT2D eigenvalue weighted by Crippen LogP contribution is 2.22. The minimum Gasteiger partial charge on any atom is -0.350 e. The first-order valence-corrected chi connectivity index (χ1v) is 9.48. The topological polar surface area (TPSA) is 130 Å². The van der Waals surface area contributed by atoms with Crippen LogP contribution in [0.25, 0.3) is 0 Å². The zero-order valence-electron chi connectivity index (χ0n) is 16.4. The Morgan fingerprint density at radius 2 is 1.60 bits per heavy atom. The molecule has 0 aliphatic carbocycles. The van der Waals surface area contributed by atoms with Gasteiger partial charge in [0.2, 0.25) is 5.91 Å². The highest BCUT2D eigenvalue weighted by Gasteiger charge is 2.20. The second kappa shape index (κ2) is 10.4. The van der Waals surface area contributed by atoms with Crippen LogP contribution in [0.1, 0.15) is 34.6 Å². The number of carbonyl (C=O) groups excluding carboxylic acids is 3. The van der Waals surface area contributed by atoms with Crippen LogP contribution in [0.3, 0.4) is 0 Å². The lowest BCUT2D eigenvalue weighted by atomic mass is 10.1. The van der Waals surface area contributed by atoms with Gasteiger partial charge in [-0.1, -0.05) is 25.4 Å². The average molecular weight is 433 g/mol. The fourth-order valence-electron chi connectivity index (χ4n) is 2.39. The standard InChI is InChI=1S/C20H21ClN4O5/c1-12(2)18(26)24-15-6-3-13(4-7-15)19(27)22-9-10-23-20(28)16-11-14(21)5-8-17(16)25(29)30/h3-8,11-12H,9-10H2,1-2H3,(H,22,27)(H,23,28)(H,24,26). The second-order valence-corrected chi connectivity index (χ2v) is 7.09. The number of halogens is 1. The summed E-state index contributed by atoms with van der Waals surface area (Å²) in [6, 6.07) is 10.1. The molecule has 0 spiro atoms. The smallest absolute Gasteiger partial charge is 0.282 e. The summed E-state index contributed by atoms with van der Waals surface area (Å²) >= 11 is 5.81. The number of carbonyl (C=O) groups is 3. The Bertz CT molecular complexity index is 960. The van der Waals surface area contributed by atoms with Crippen molar-refractivity contribution in [2.24, 2.45) is 5.92 Å². The number of nitrogens with one attached hydrogen (secondary N) is 3. The van der Waals surface area contributed by atoms with Crippen molar-refractivity contribution < 1.29 is 19.3 Å². The summed E-state index contributed by atoms with van der Waals surface area (Å²) in [5.74, 6) is -1.30. The third-order valence-corrected chi connectivity index (χ3v) is 4.27. The zero-order valence-corrected chi connectivity index (χ0v) is 17.2. The molecule has 0 fully saturated rings. The van der Waals surface area contributed by atoms with Gasteiger partial charge in [0.15, 0.2) is 0 Å². The minimum atomic E-state index is -0.666. The predicted molar refractivity (Wildman–Crippen MR) is 113 cm³/mol. The van der Waals surface area contributed by atoms with E-state index in [0.717, 1.165) is 6.07 Å². The molecule has 0 aliphatic heterocycles. The molecular formula is C20H21ClN4O5. The molecule has 0 unspecified atom stereocenters. The highest BCUT2D eigenvalue weighted by molar-refractivity contribution is 6.31. The Hall–Kier alpha value is -3.46. The molecule has 158 valence electrons. The molecule has 2 aromatic rings. The van der Waals surface area contributed by atoms with Crippen LogP contribution in [0, 0.1) is 16.0 Å². The summed E-state index contributed by atoms with van der Waals surface area (Å²) in [4.78, 5) is 46.4. The number of rotatable bonds is 8.